The minimum absolute atomic E-state index is 0.0108. The molecule has 1 heterocycles. The van der Waals surface area contributed by atoms with Crippen molar-refractivity contribution in [3.63, 3.8) is 0 Å². The fourth-order valence-corrected chi connectivity index (χ4v) is 2.91. The number of nitrogens with one attached hydrogen (secondary N) is 1. The molecule has 170 valence electrons. The number of ether oxygens (including phenoxy) is 1. The molecule has 0 spiro atoms. The van der Waals surface area contributed by atoms with Gasteiger partial charge in [-0.1, -0.05) is 5.11 Å². The van der Waals surface area contributed by atoms with Crippen molar-refractivity contribution in [1.29, 1.82) is 0 Å². The predicted octanol–water partition coefficient (Wildman–Crippen LogP) is 3.77. The Kier molecular flexibility index (Phi) is 6.54. The number of amides is 1. The van der Waals surface area contributed by atoms with Gasteiger partial charge in [-0.05, 0) is 23.7 Å². The standard InChI is InChI=1S/C20H14F3N5O5/c1-8(29)32-7-10-17(22)19(24)16-13(30)5-14(33-20(16)18(10)23)9-2-3-12(11(21)4-9)27-15(31)6-26-28-25/h2-5H,6-7,24H2,1H3,(H,27,31). The summed E-state index contributed by atoms with van der Waals surface area (Å²) in [7, 11) is 0. The molecule has 0 aliphatic rings. The second-order valence-corrected chi connectivity index (χ2v) is 6.61. The third-order valence-electron chi connectivity index (χ3n) is 4.41. The Morgan fingerprint density at radius 3 is 2.61 bits per heavy atom. The second-order valence-electron chi connectivity index (χ2n) is 6.61. The molecular weight excluding hydrogens is 447 g/mol. The quantitative estimate of drug-likeness (QED) is 0.187. The van der Waals surface area contributed by atoms with E-state index in [4.69, 9.17) is 15.7 Å². The lowest BCUT2D eigenvalue weighted by atomic mass is 10.1. The molecule has 0 bridgehead atoms. The third kappa shape index (κ3) is 4.72. The monoisotopic (exact) mass is 461 g/mol. The lowest BCUT2D eigenvalue weighted by Crippen LogP contribution is -2.15. The first kappa shape index (κ1) is 23.2. The Morgan fingerprint density at radius 2 is 1.97 bits per heavy atom. The Morgan fingerprint density at radius 1 is 1.24 bits per heavy atom. The van der Waals surface area contributed by atoms with Crippen molar-refractivity contribution < 1.29 is 31.9 Å². The predicted molar refractivity (Wildman–Crippen MR) is 110 cm³/mol. The van der Waals surface area contributed by atoms with Gasteiger partial charge in [-0.2, -0.15) is 0 Å². The number of esters is 1. The van der Waals surface area contributed by atoms with Gasteiger partial charge in [0, 0.05) is 23.5 Å². The van der Waals surface area contributed by atoms with Gasteiger partial charge in [0.05, 0.1) is 22.3 Å². The fraction of sp³-hybridized carbons (Fsp3) is 0.150. The topological polar surface area (TPSA) is 160 Å². The van der Waals surface area contributed by atoms with E-state index in [-0.39, 0.29) is 17.0 Å². The highest BCUT2D eigenvalue weighted by molar-refractivity contribution is 5.93. The third-order valence-corrected chi connectivity index (χ3v) is 4.41. The summed E-state index contributed by atoms with van der Waals surface area (Å²) >= 11 is 0. The van der Waals surface area contributed by atoms with Crippen LogP contribution in [0.3, 0.4) is 0 Å². The fourth-order valence-electron chi connectivity index (χ4n) is 2.91. The smallest absolute Gasteiger partial charge is 0.302 e. The van der Waals surface area contributed by atoms with E-state index in [2.05, 4.69) is 20.1 Å². The van der Waals surface area contributed by atoms with Crippen LogP contribution in [0.4, 0.5) is 24.5 Å². The van der Waals surface area contributed by atoms with E-state index < -0.39 is 70.1 Å². The maximum absolute atomic E-state index is 14.9. The van der Waals surface area contributed by atoms with Crippen molar-refractivity contribution >= 4 is 34.2 Å². The zero-order valence-electron chi connectivity index (χ0n) is 16.8. The molecule has 0 aliphatic heterocycles. The lowest BCUT2D eigenvalue weighted by Gasteiger charge is -2.12. The normalized spacial score (nSPS) is 10.5. The van der Waals surface area contributed by atoms with Crippen LogP contribution in [-0.2, 0) is 20.9 Å². The molecule has 1 amide bonds. The van der Waals surface area contributed by atoms with Gasteiger partial charge < -0.3 is 20.2 Å². The molecule has 0 saturated heterocycles. The number of hydrogen-bond acceptors (Lipinski definition) is 7. The van der Waals surface area contributed by atoms with Crippen LogP contribution in [0.15, 0.2) is 38.6 Å². The zero-order chi connectivity index (χ0) is 24.3. The van der Waals surface area contributed by atoms with E-state index in [0.717, 1.165) is 25.1 Å². The van der Waals surface area contributed by atoms with Crippen molar-refractivity contribution in [1.82, 2.24) is 0 Å². The van der Waals surface area contributed by atoms with Gasteiger partial charge in [0.2, 0.25) is 5.91 Å². The van der Waals surface area contributed by atoms with Crippen LogP contribution in [0.5, 0.6) is 0 Å². The second kappa shape index (κ2) is 9.32. The number of nitrogens with two attached hydrogens (primary N) is 1. The number of azide groups is 1. The van der Waals surface area contributed by atoms with Gasteiger partial charge >= 0.3 is 5.97 Å². The van der Waals surface area contributed by atoms with E-state index in [9.17, 15) is 27.6 Å². The Labute approximate surface area is 182 Å². The minimum atomic E-state index is -1.31. The first-order chi connectivity index (χ1) is 15.6. The molecule has 33 heavy (non-hydrogen) atoms. The number of carbonyl (C=O) groups is 2. The number of fused-ring (bicyclic) bond motifs is 1. The molecule has 0 fully saturated rings. The summed E-state index contributed by atoms with van der Waals surface area (Å²) in [5, 5.41) is 4.67. The summed E-state index contributed by atoms with van der Waals surface area (Å²) in [5.41, 5.74) is 10.6. The molecule has 3 N–H and O–H groups in total. The molecule has 0 unspecified atom stereocenters. The summed E-state index contributed by atoms with van der Waals surface area (Å²) < 4.78 is 53.9. The lowest BCUT2D eigenvalue weighted by molar-refractivity contribution is -0.142. The van der Waals surface area contributed by atoms with Gasteiger partial charge in [0.15, 0.2) is 22.6 Å². The Hall–Kier alpha value is -4.51. The van der Waals surface area contributed by atoms with E-state index in [1.54, 1.807) is 0 Å². The molecule has 0 atom stereocenters. The number of anilines is 2. The summed E-state index contributed by atoms with van der Waals surface area (Å²) in [4.78, 5) is 37.5. The van der Waals surface area contributed by atoms with Crippen molar-refractivity contribution in [2.24, 2.45) is 5.11 Å². The van der Waals surface area contributed by atoms with Crippen molar-refractivity contribution in [3.05, 3.63) is 67.9 Å². The number of hydrogen-bond donors (Lipinski definition) is 2. The number of nitrogen functional groups attached to an aromatic ring is 1. The maximum atomic E-state index is 14.9. The summed E-state index contributed by atoms with van der Waals surface area (Å²) in [6.07, 6.45) is 0. The van der Waals surface area contributed by atoms with E-state index in [1.807, 2.05) is 0 Å². The summed E-state index contributed by atoms with van der Waals surface area (Å²) in [6, 6.07) is 4.18. The average Bonchev–Trinajstić information content (AvgIpc) is 2.76. The number of nitrogens with zero attached hydrogens (tertiary/aromatic N) is 3. The molecule has 1 aromatic heterocycles. The molecule has 0 saturated carbocycles. The van der Waals surface area contributed by atoms with Crippen LogP contribution >= 0.6 is 0 Å². The SMILES string of the molecule is CC(=O)OCc1c(F)c(N)c2c(=O)cc(-c3ccc(NC(=O)CN=[N+]=[N-])c(F)c3)oc2c1F. The van der Waals surface area contributed by atoms with Gasteiger partial charge in [-0.3, -0.25) is 14.4 Å². The highest BCUT2D eigenvalue weighted by atomic mass is 19.1. The van der Waals surface area contributed by atoms with E-state index in [0.29, 0.717) is 0 Å². The van der Waals surface area contributed by atoms with E-state index in [1.165, 1.54) is 6.07 Å². The molecule has 3 rings (SSSR count). The van der Waals surface area contributed by atoms with Crippen LogP contribution in [-0.4, -0.2) is 18.4 Å². The first-order valence-corrected chi connectivity index (χ1v) is 9.11. The number of rotatable bonds is 6. The largest absolute Gasteiger partial charge is 0.461 e. The number of halogens is 3. The van der Waals surface area contributed by atoms with Crippen LogP contribution < -0.4 is 16.5 Å². The minimum Gasteiger partial charge on any atom is -0.461 e. The Balaban J connectivity index is 2.08. The summed E-state index contributed by atoms with van der Waals surface area (Å²) in [5.74, 6) is -5.35. The maximum Gasteiger partial charge on any atom is 0.302 e. The van der Waals surface area contributed by atoms with Gasteiger partial charge in [-0.15, -0.1) is 0 Å². The van der Waals surface area contributed by atoms with Crippen LogP contribution in [0.2, 0.25) is 0 Å². The van der Waals surface area contributed by atoms with Crippen molar-refractivity contribution in [2.45, 2.75) is 13.5 Å². The Bertz CT molecular complexity index is 1400. The molecule has 0 aliphatic carbocycles. The highest BCUT2D eigenvalue weighted by Crippen LogP contribution is 2.32. The first-order valence-electron chi connectivity index (χ1n) is 9.11. The van der Waals surface area contributed by atoms with Crippen LogP contribution in [0.1, 0.15) is 12.5 Å². The summed E-state index contributed by atoms with van der Waals surface area (Å²) in [6.45, 7) is -0.306. The molecule has 13 heteroatoms. The van der Waals surface area contributed by atoms with E-state index >= 15 is 0 Å². The van der Waals surface area contributed by atoms with Crippen LogP contribution in [0, 0.1) is 17.5 Å². The average molecular weight is 461 g/mol. The molecular formula is C20H14F3N5O5. The van der Waals surface area contributed by atoms with Crippen molar-refractivity contribution in [2.75, 3.05) is 17.6 Å². The number of carbonyl (C=O) groups excluding carboxylic acids is 2. The molecule has 3 aromatic rings. The molecule has 10 nitrogen and oxygen atoms in total. The number of benzene rings is 2. The molecule has 2 aromatic carbocycles. The van der Waals surface area contributed by atoms with Gasteiger partial charge in [0.1, 0.15) is 24.7 Å². The highest BCUT2D eigenvalue weighted by Gasteiger charge is 2.24. The zero-order valence-corrected chi connectivity index (χ0v) is 16.8. The van der Waals surface area contributed by atoms with Gasteiger partial charge in [-0.25, -0.2) is 13.2 Å². The van der Waals surface area contributed by atoms with Crippen LogP contribution in [0.25, 0.3) is 32.7 Å². The van der Waals surface area contributed by atoms with Gasteiger partial charge in [0.25, 0.3) is 0 Å². The molecule has 0 radical (unpaired) electrons. The van der Waals surface area contributed by atoms with Crippen molar-refractivity contribution in [3.8, 4) is 11.3 Å².